The Balaban J connectivity index is 3.66. The molecule has 0 bridgehead atoms. The van der Waals surface area contributed by atoms with Gasteiger partial charge in [0.25, 0.3) is 0 Å². The summed E-state index contributed by atoms with van der Waals surface area (Å²) in [6.07, 6.45) is -6.43. The van der Waals surface area contributed by atoms with Crippen molar-refractivity contribution in [2.24, 2.45) is 0 Å². The quantitative estimate of drug-likeness (QED) is 0.156. The van der Waals surface area contributed by atoms with Crippen LogP contribution >= 0.6 is 0 Å². The van der Waals surface area contributed by atoms with Gasteiger partial charge in [-0.2, -0.15) is 0 Å². The molecule has 0 unspecified atom stereocenters. The first-order chi connectivity index (χ1) is 11.9. The van der Waals surface area contributed by atoms with E-state index in [1.165, 1.54) is 0 Å². The Kier molecular flexibility index (Phi) is 14.9. The molecule has 0 heterocycles. The van der Waals surface area contributed by atoms with Crippen LogP contribution < -0.4 is 5.32 Å². The van der Waals surface area contributed by atoms with Crippen LogP contribution in [0.25, 0.3) is 0 Å². The highest BCUT2D eigenvalue weighted by atomic mass is 16.5. The van der Waals surface area contributed by atoms with Crippen molar-refractivity contribution < 1.29 is 44.5 Å². The third-order valence-corrected chi connectivity index (χ3v) is 3.26. The highest BCUT2D eigenvalue weighted by molar-refractivity contribution is 5.75. The minimum absolute atomic E-state index is 0.0591. The number of rotatable bonds is 16. The number of aliphatic hydroxyl groups is 5. The lowest BCUT2D eigenvalue weighted by molar-refractivity contribution is -0.127. The fraction of sp³-hybridized carbons (Fsp3) is 0.933. The average Bonchev–Trinajstić information content (AvgIpc) is 2.62. The van der Waals surface area contributed by atoms with Gasteiger partial charge in [0.2, 0.25) is 5.91 Å². The number of carbonyl (C=O) groups excluding carboxylic acids is 1. The molecular formula is C15H31NO9. The maximum atomic E-state index is 11.6. The van der Waals surface area contributed by atoms with E-state index in [-0.39, 0.29) is 19.6 Å². The molecule has 0 aliphatic rings. The third-order valence-electron chi connectivity index (χ3n) is 3.26. The summed E-state index contributed by atoms with van der Waals surface area (Å²) in [5, 5.41) is 48.9. The van der Waals surface area contributed by atoms with Crippen LogP contribution in [-0.4, -0.2) is 109 Å². The molecule has 25 heavy (non-hydrogen) atoms. The summed E-state index contributed by atoms with van der Waals surface area (Å²) in [4.78, 5) is 11.6. The predicted molar refractivity (Wildman–Crippen MR) is 86.9 cm³/mol. The molecule has 150 valence electrons. The number of amides is 1. The Bertz CT molecular complexity index is 332. The summed E-state index contributed by atoms with van der Waals surface area (Å²) in [7, 11) is 0. The maximum absolute atomic E-state index is 11.6. The first-order valence-electron chi connectivity index (χ1n) is 8.27. The molecule has 0 radical (unpaired) electrons. The first-order valence-corrected chi connectivity index (χ1v) is 8.27. The molecule has 0 aromatic heterocycles. The lowest BCUT2D eigenvalue weighted by Gasteiger charge is -2.25. The standard InChI is InChI=1S/C15H31NO9/c1-2-23-5-6-25-8-7-24-4-3-13(20)16-9-11(18)14(21)15(22)12(19)10-17/h11-12,14-15,17-19,21-22H,2-10H2,1H3,(H,16,20)/t11-,12+,14+,15+/m0/s1. The lowest BCUT2D eigenvalue weighted by atomic mass is 10.0. The molecule has 0 spiro atoms. The van der Waals surface area contributed by atoms with Gasteiger partial charge in [0.05, 0.1) is 45.7 Å². The summed E-state index contributed by atoms with van der Waals surface area (Å²) in [5.41, 5.74) is 0. The van der Waals surface area contributed by atoms with E-state index in [0.717, 1.165) is 0 Å². The second kappa shape index (κ2) is 15.4. The number of ether oxygens (including phenoxy) is 3. The van der Waals surface area contributed by atoms with Crippen molar-refractivity contribution in [3.8, 4) is 0 Å². The van der Waals surface area contributed by atoms with E-state index < -0.39 is 36.9 Å². The van der Waals surface area contributed by atoms with Gasteiger partial charge in [0.15, 0.2) is 0 Å². The molecule has 0 aliphatic heterocycles. The van der Waals surface area contributed by atoms with E-state index in [9.17, 15) is 25.2 Å². The van der Waals surface area contributed by atoms with E-state index in [4.69, 9.17) is 19.3 Å². The molecule has 0 rings (SSSR count). The molecule has 6 N–H and O–H groups in total. The van der Waals surface area contributed by atoms with Crippen LogP contribution in [-0.2, 0) is 19.0 Å². The summed E-state index contributed by atoms with van der Waals surface area (Å²) in [6, 6.07) is 0. The summed E-state index contributed by atoms with van der Waals surface area (Å²) in [5.74, 6) is -0.402. The van der Waals surface area contributed by atoms with Gasteiger partial charge in [-0.1, -0.05) is 0 Å². The topological polar surface area (TPSA) is 158 Å². The monoisotopic (exact) mass is 369 g/mol. The molecule has 4 atom stereocenters. The van der Waals surface area contributed by atoms with Crippen molar-refractivity contribution in [3.05, 3.63) is 0 Å². The van der Waals surface area contributed by atoms with Crippen LogP contribution in [0.3, 0.4) is 0 Å². The third kappa shape index (κ3) is 12.2. The molecule has 0 fully saturated rings. The normalized spacial score (nSPS) is 16.2. The first kappa shape index (κ1) is 24.1. The van der Waals surface area contributed by atoms with E-state index in [1.807, 2.05) is 6.92 Å². The summed E-state index contributed by atoms with van der Waals surface area (Å²) < 4.78 is 15.5. The van der Waals surface area contributed by atoms with E-state index in [0.29, 0.717) is 33.0 Å². The molecule has 10 heteroatoms. The highest BCUT2D eigenvalue weighted by Crippen LogP contribution is 2.04. The largest absolute Gasteiger partial charge is 0.394 e. The highest BCUT2D eigenvalue weighted by Gasteiger charge is 2.30. The van der Waals surface area contributed by atoms with E-state index in [1.54, 1.807) is 0 Å². The van der Waals surface area contributed by atoms with E-state index >= 15 is 0 Å². The number of hydrogen-bond donors (Lipinski definition) is 6. The smallest absolute Gasteiger partial charge is 0.222 e. The number of hydrogen-bond acceptors (Lipinski definition) is 9. The summed E-state index contributed by atoms with van der Waals surface area (Å²) in [6.45, 7) is 3.38. The van der Waals surface area contributed by atoms with Gasteiger partial charge < -0.3 is 45.1 Å². The SMILES string of the molecule is CCOCCOCCOCCC(=O)NC[C@H](O)[C@@H](O)[C@H](O)[C@H](O)CO. The van der Waals surface area contributed by atoms with Crippen LogP contribution in [0.2, 0.25) is 0 Å². The molecule has 10 nitrogen and oxygen atoms in total. The minimum Gasteiger partial charge on any atom is -0.394 e. The fourth-order valence-electron chi connectivity index (χ4n) is 1.74. The van der Waals surface area contributed by atoms with Gasteiger partial charge in [-0.05, 0) is 6.92 Å². The minimum atomic E-state index is -1.72. The zero-order valence-corrected chi connectivity index (χ0v) is 14.5. The lowest BCUT2D eigenvalue weighted by Crippen LogP contribution is -2.49. The van der Waals surface area contributed by atoms with Crippen molar-refractivity contribution >= 4 is 5.91 Å². The molecule has 0 saturated heterocycles. The molecular weight excluding hydrogens is 338 g/mol. The van der Waals surface area contributed by atoms with Gasteiger partial charge in [-0.25, -0.2) is 0 Å². The van der Waals surface area contributed by atoms with Crippen molar-refractivity contribution in [2.45, 2.75) is 37.8 Å². The molecule has 0 saturated carbocycles. The maximum Gasteiger partial charge on any atom is 0.222 e. The fourth-order valence-corrected chi connectivity index (χ4v) is 1.74. The van der Waals surface area contributed by atoms with Gasteiger partial charge in [-0.3, -0.25) is 4.79 Å². The van der Waals surface area contributed by atoms with Crippen LogP contribution in [0.15, 0.2) is 0 Å². The Morgan fingerprint density at radius 2 is 1.40 bits per heavy atom. The Morgan fingerprint density at radius 3 is 1.96 bits per heavy atom. The Hall–Kier alpha value is -0.850. The predicted octanol–water partition coefficient (Wildman–Crippen LogP) is -3.00. The van der Waals surface area contributed by atoms with Crippen LogP contribution in [0, 0.1) is 0 Å². The Morgan fingerprint density at radius 1 is 0.880 bits per heavy atom. The zero-order valence-electron chi connectivity index (χ0n) is 14.5. The zero-order chi connectivity index (χ0) is 19.1. The van der Waals surface area contributed by atoms with Gasteiger partial charge >= 0.3 is 0 Å². The molecule has 0 aromatic carbocycles. The second-order valence-electron chi connectivity index (χ2n) is 5.27. The molecule has 1 amide bonds. The van der Waals surface area contributed by atoms with Crippen molar-refractivity contribution in [3.63, 3.8) is 0 Å². The Labute approximate surface area is 147 Å². The van der Waals surface area contributed by atoms with Crippen molar-refractivity contribution in [1.82, 2.24) is 5.32 Å². The van der Waals surface area contributed by atoms with Crippen LogP contribution in [0.4, 0.5) is 0 Å². The van der Waals surface area contributed by atoms with Crippen molar-refractivity contribution in [1.29, 1.82) is 0 Å². The van der Waals surface area contributed by atoms with Gasteiger partial charge in [0, 0.05) is 19.6 Å². The van der Waals surface area contributed by atoms with Crippen LogP contribution in [0.1, 0.15) is 13.3 Å². The number of aliphatic hydroxyl groups excluding tert-OH is 5. The second-order valence-corrected chi connectivity index (χ2v) is 5.27. The van der Waals surface area contributed by atoms with E-state index in [2.05, 4.69) is 5.32 Å². The molecule has 0 aliphatic carbocycles. The van der Waals surface area contributed by atoms with Gasteiger partial charge in [-0.15, -0.1) is 0 Å². The van der Waals surface area contributed by atoms with Crippen molar-refractivity contribution in [2.75, 3.05) is 52.8 Å². The summed E-state index contributed by atoms with van der Waals surface area (Å²) >= 11 is 0. The van der Waals surface area contributed by atoms with Crippen LogP contribution in [0.5, 0.6) is 0 Å². The number of nitrogens with one attached hydrogen (secondary N) is 1. The number of carbonyl (C=O) groups is 1. The molecule has 0 aromatic rings. The average molecular weight is 369 g/mol. The van der Waals surface area contributed by atoms with Gasteiger partial charge in [0.1, 0.15) is 18.3 Å².